The van der Waals surface area contributed by atoms with E-state index in [0.717, 1.165) is 30.2 Å². The summed E-state index contributed by atoms with van der Waals surface area (Å²) >= 11 is 0. The second kappa shape index (κ2) is 6.46. The molecule has 1 N–H and O–H groups in total. The van der Waals surface area contributed by atoms with Crippen LogP contribution in [-0.2, 0) is 11.8 Å². The Bertz CT molecular complexity index is 768. The van der Waals surface area contributed by atoms with Crippen molar-refractivity contribution in [3.05, 3.63) is 36.0 Å². The van der Waals surface area contributed by atoms with E-state index in [1.807, 2.05) is 43.7 Å². The van der Waals surface area contributed by atoms with Crippen LogP contribution in [0.2, 0.25) is 0 Å². The summed E-state index contributed by atoms with van der Waals surface area (Å²) in [6, 6.07) is 1.97. The van der Waals surface area contributed by atoms with Gasteiger partial charge in [-0.25, -0.2) is 9.97 Å². The van der Waals surface area contributed by atoms with Gasteiger partial charge in [-0.1, -0.05) is 0 Å². The molecule has 7 heteroatoms. The number of anilines is 1. The van der Waals surface area contributed by atoms with Gasteiger partial charge in [0.1, 0.15) is 11.6 Å². The molecule has 2 aromatic rings. The number of carbonyl (C=O) groups excluding carboxylic acids is 1. The van der Waals surface area contributed by atoms with Crippen molar-refractivity contribution in [1.82, 2.24) is 24.6 Å². The van der Waals surface area contributed by atoms with Crippen molar-refractivity contribution in [3.63, 3.8) is 0 Å². The molecule has 1 amide bonds. The minimum absolute atomic E-state index is 0.0483. The van der Waals surface area contributed by atoms with E-state index in [0.29, 0.717) is 18.3 Å². The molecular formula is C18H24N6O. The number of aromatic nitrogens is 4. The third-order valence-corrected chi connectivity index (χ3v) is 5.21. The summed E-state index contributed by atoms with van der Waals surface area (Å²) in [5.41, 5.74) is 1.09. The fourth-order valence-electron chi connectivity index (χ4n) is 3.66. The largest absolute Gasteiger partial charge is 0.370 e. The highest BCUT2D eigenvalue weighted by molar-refractivity contribution is 5.77. The summed E-state index contributed by atoms with van der Waals surface area (Å²) in [6.07, 6.45) is 9.56. The first-order valence-corrected chi connectivity index (χ1v) is 8.93. The molecule has 0 aromatic carbocycles. The molecule has 3 heterocycles. The van der Waals surface area contributed by atoms with Crippen LogP contribution >= 0.6 is 0 Å². The summed E-state index contributed by atoms with van der Waals surface area (Å²) in [6.45, 7) is 0.776. The van der Waals surface area contributed by atoms with Crippen molar-refractivity contribution >= 4 is 11.7 Å². The van der Waals surface area contributed by atoms with E-state index in [-0.39, 0.29) is 11.9 Å². The molecule has 1 aliphatic heterocycles. The topological polar surface area (TPSA) is 75.9 Å². The van der Waals surface area contributed by atoms with Crippen molar-refractivity contribution in [1.29, 1.82) is 0 Å². The first-order chi connectivity index (χ1) is 12.1. The van der Waals surface area contributed by atoms with Gasteiger partial charge in [-0.3, -0.25) is 9.48 Å². The molecule has 132 valence electrons. The normalized spacial score (nSPS) is 23.8. The number of hydrogen-bond acceptors (Lipinski definition) is 5. The van der Waals surface area contributed by atoms with Gasteiger partial charge in [0.15, 0.2) is 0 Å². The average molecular weight is 340 g/mol. The Morgan fingerprint density at radius 3 is 2.84 bits per heavy atom. The second-order valence-electron chi connectivity index (χ2n) is 7.15. The van der Waals surface area contributed by atoms with Gasteiger partial charge < -0.3 is 10.2 Å². The maximum absolute atomic E-state index is 12.2. The number of nitrogens with zero attached hydrogens (tertiary/aromatic N) is 5. The Hall–Kier alpha value is -2.44. The lowest BCUT2D eigenvalue weighted by molar-refractivity contribution is -0.136. The summed E-state index contributed by atoms with van der Waals surface area (Å²) in [4.78, 5) is 23.1. The Morgan fingerprint density at radius 1 is 1.28 bits per heavy atom. The summed E-state index contributed by atoms with van der Waals surface area (Å²) in [5.74, 6) is 2.89. The molecule has 2 aromatic heterocycles. The zero-order chi connectivity index (χ0) is 17.4. The number of hydrogen-bond donors (Lipinski definition) is 1. The molecule has 1 saturated heterocycles. The van der Waals surface area contributed by atoms with Crippen molar-refractivity contribution in [2.45, 2.75) is 37.6 Å². The van der Waals surface area contributed by atoms with E-state index < -0.39 is 0 Å². The molecule has 7 nitrogen and oxygen atoms in total. The van der Waals surface area contributed by atoms with Gasteiger partial charge >= 0.3 is 0 Å². The summed E-state index contributed by atoms with van der Waals surface area (Å²) in [5, 5.41) is 7.74. The third kappa shape index (κ3) is 3.36. The van der Waals surface area contributed by atoms with Crippen molar-refractivity contribution < 1.29 is 4.79 Å². The number of aryl methyl sites for hydroxylation is 1. The fourth-order valence-corrected chi connectivity index (χ4v) is 3.66. The first kappa shape index (κ1) is 16.1. The third-order valence-electron chi connectivity index (χ3n) is 5.21. The molecule has 2 fully saturated rings. The SMILES string of the molecule is CN1C(=O)CC[C@H](CNc2ccnc(C3CC3)n2)[C@H]1c1cnn(C)c1. The minimum atomic E-state index is 0.0483. The van der Waals surface area contributed by atoms with Crippen LogP contribution < -0.4 is 5.32 Å². The van der Waals surface area contributed by atoms with Crippen LogP contribution in [0.1, 0.15) is 49.0 Å². The first-order valence-electron chi connectivity index (χ1n) is 8.93. The molecule has 2 atom stereocenters. The van der Waals surface area contributed by atoms with E-state index in [2.05, 4.69) is 20.4 Å². The number of rotatable bonds is 5. The lowest BCUT2D eigenvalue weighted by atomic mass is 9.85. The van der Waals surface area contributed by atoms with Crippen molar-refractivity contribution in [3.8, 4) is 0 Å². The Morgan fingerprint density at radius 2 is 2.12 bits per heavy atom. The highest BCUT2D eigenvalue weighted by Crippen LogP contribution is 2.38. The second-order valence-corrected chi connectivity index (χ2v) is 7.15. The van der Waals surface area contributed by atoms with Crippen LogP contribution in [0.5, 0.6) is 0 Å². The Kier molecular flexibility index (Phi) is 4.15. The maximum Gasteiger partial charge on any atom is 0.222 e. The molecule has 0 bridgehead atoms. The minimum Gasteiger partial charge on any atom is -0.370 e. The molecule has 1 aliphatic carbocycles. The van der Waals surface area contributed by atoms with E-state index >= 15 is 0 Å². The monoisotopic (exact) mass is 340 g/mol. The number of piperidine rings is 1. The number of likely N-dealkylation sites (tertiary alicyclic amines) is 1. The Balaban J connectivity index is 1.49. The van der Waals surface area contributed by atoms with Crippen LogP contribution in [0.25, 0.3) is 0 Å². The molecular weight excluding hydrogens is 316 g/mol. The van der Waals surface area contributed by atoms with E-state index in [1.54, 1.807) is 4.68 Å². The zero-order valence-corrected chi connectivity index (χ0v) is 14.7. The van der Waals surface area contributed by atoms with Crippen LogP contribution in [0.15, 0.2) is 24.7 Å². The number of amides is 1. The lowest BCUT2D eigenvalue weighted by Gasteiger charge is -2.38. The zero-order valence-electron chi connectivity index (χ0n) is 14.7. The summed E-state index contributed by atoms with van der Waals surface area (Å²) < 4.78 is 1.79. The van der Waals surface area contributed by atoms with Crippen LogP contribution in [-0.4, -0.2) is 44.1 Å². The van der Waals surface area contributed by atoms with E-state index in [1.165, 1.54) is 12.8 Å². The predicted octanol–water partition coefficient (Wildman–Crippen LogP) is 2.11. The summed E-state index contributed by atoms with van der Waals surface area (Å²) in [7, 11) is 3.80. The predicted molar refractivity (Wildman–Crippen MR) is 93.9 cm³/mol. The smallest absolute Gasteiger partial charge is 0.222 e. The quantitative estimate of drug-likeness (QED) is 0.902. The van der Waals surface area contributed by atoms with Gasteiger partial charge in [-0.15, -0.1) is 0 Å². The van der Waals surface area contributed by atoms with Gasteiger partial charge in [0.2, 0.25) is 5.91 Å². The molecule has 0 radical (unpaired) electrons. The molecule has 0 spiro atoms. The Labute approximate surface area is 147 Å². The van der Waals surface area contributed by atoms with Gasteiger partial charge in [0.05, 0.1) is 12.2 Å². The van der Waals surface area contributed by atoms with E-state index in [4.69, 9.17) is 0 Å². The van der Waals surface area contributed by atoms with Crippen molar-refractivity contribution in [2.24, 2.45) is 13.0 Å². The van der Waals surface area contributed by atoms with Gasteiger partial charge in [-0.2, -0.15) is 5.10 Å². The molecule has 1 saturated carbocycles. The van der Waals surface area contributed by atoms with Crippen LogP contribution in [0.3, 0.4) is 0 Å². The standard InChI is InChI=1S/C18H24N6O/c1-23-11-14(10-21-23)17-13(5-6-16(25)24(17)2)9-20-15-7-8-19-18(22-15)12-3-4-12/h7-8,10-13,17H,3-6,9H2,1-2H3,(H,19,20,22)/t13-,17+/m1/s1. The highest BCUT2D eigenvalue weighted by Gasteiger charge is 2.35. The highest BCUT2D eigenvalue weighted by atomic mass is 16.2. The lowest BCUT2D eigenvalue weighted by Crippen LogP contribution is -2.42. The number of carbonyl (C=O) groups is 1. The van der Waals surface area contributed by atoms with Crippen molar-refractivity contribution in [2.75, 3.05) is 18.9 Å². The van der Waals surface area contributed by atoms with Crippen LogP contribution in [0.4, 0.5) is 5.82 Å². The van der Waals surface area contributed by atoms with E-state index in [9.17, 15) is 4.79 Å². The number of nitrogens with one attached hydrogen (secondary N) is 1. The van der Waals surface area contributed by atoms with Crippen LogP contribution in [0, 0.1) is 5.92 Å². The molecule has 0 unspecified atom stereocenters. The molecule has 25 heavy (non-hydrogen) atoms. The fraction of sp³-hybridized carbons (Fsp3) is 0.556. The average Bonchev–Trinajstić information content (AvgIpc) is 3.38. The van der Waals surface area contributed by atoms with Gasteiger partial charge in [0.25, 0.3) is 0 Å². The maximum atomic E-state index is 12.2. The molecule has 2 aliphatic rings. The molecule has 4 rings (SSSR count). The van der Waals surface area contributed by atoms with Gasteiger partial charge in [-0.05, 0) is 25.3 Å². The van der Waals surface area contributed by atoms with Gasteiger partial charge in [0, 0.05) is 56.9 Å².